The SMILES string of the molecule is CC1(C)CC(=O)C(C(C2=C(O)CC(C)(C)CC2=O)c2ccc(Cl)cc2)C(=O)C1. The lowest BCUT2D eigenvalue weighted by atomic mass is 9.62. The molecule has 0 amide bonds. The molecule has 1 fully saturated rings. The highest BCUT2D eigenvalue weighted by Gasteiger charge is 2.48. The molecule has 28 heavy (non-hydrogen) atoms. The molecule has 2 aliphatic carbocycles. The summed E-state index contributed by atoms with van der Waals surface area (Å²) >= 11 is 6.02. The molecular formula is C23H27ClO4. The van der Waals surface area contributed by atoms with Crippen LogP contribution in [0.15, 0.2) is 35.6 Å². The number of ketones is 3. The van der Waals surface area contributed by atoms with E-state index in [-0.39, 0.29) is 58.8 Å². The molecule has 1 aromatic rings. The van der Waals surface area contributed by atoms with Crippen molar-refractivity contribution in [3.05, 3.63) is 46.2 Å². The van der Waals surface area contributed by atoms with Crippen molar-refractivity contribution < 1.29 is 19.5 Å². The number of hydrogen-bond acceptors (Lipinski definition) is 4. The maximum Gasteiger partial charge on any atom is 0.163 e. The van der Waals surface area contributed by atoms with Gasteiger partial charge in [-0.15, -0.1) is 0 Å². The number of aliphatic hydroxyl groups excluding tert-OH is 1. The molecule has 0 aliphatic heterocycles. The highest BCUT2D eigenvalue weighted by atomic mass is 35.5. The van der Waals surface area contributed by atoms with Crippen molar-refractivity contribution in [3.8, 4) is 0 Å². The van der Waals surface area contributed by atoms with Crippen LogP contribution in [0.5, 0.6) is 0 Å². The van der Waals surface area contributed by atoms with E-state index < -0.39 is 11.8 Å². The van der Waals surface area contributed by atoms with Crippen molar-refractivity contribution in [1.29, 1.82) is 0 Å². The van der Waals surface area contributed by atoms with Gasteiger partial charge in [0.25, 0.3) is 0 Å². The average molecular weight is 403 g/mol. The lowest BCUT2D eigenvalue weighted by Gasteiger charge is -2.39. The van der Waals surface area contributed by atoms with E-state index >= 15 is 0 Å². The summed E-state index contributed by atoms with van der Waals surface area (Å²) in [6.07, 6.45) is 1.18. The van der Waals surface area contributed by atoms with Gasteiger partial charge < -0.3 is 5.11 Å². The van der Waals surface area contributed by atoms with Crippen molar-refractivity contribution in [2.24, 2.45) is 16.7 Å². The van der Waals surface area contributed by atoms with E-state index in [0.717, 1.165) is 0 Å². The fraction of sp³-hybridized carbons (Fsp3) is 0.522. The van der Waals surface area contributed by atoms with Crippen LogP contribution in [0.4, 0.5) is 0 Å². The Hall–Kier alpha value is -1.94. The second-order valence-electron chi connectivity index (χ2n) is 9.76. The second-order valence-corrected chi connectivity index (χ2v) is 10.2. The average Bonchev–Trinajstić information content (AvgIpc) is 2.50. The number of carbonyl (C=O) groups excluding carboxylic acids is 3. The van der Waals surface area contributed by atoms with E-state index in [0.29, 0.717) is 17.0 Å². The Bertz CT molecular complexity index is 841. The Morgan fingerprint density at radius 1 is 0.893 bits per heavy atom. The highest BCUT2D eigenvalue weighted by molar-refractivity contribution is 6.30. The van der Waals surface area contributed by atoms with E-state index in [4.69, 9.17) is 11.6 Å². The molecule has 1 unspecified atom stereocenters. The monoisotopic (exact) mass is 402 g/mol. The molecule has 0 saturated heterocycles. The van der Waals surface area contributed by atoms with Crippen LogP contribution in [0.25, 0.3) is 0 Å². The summed E-state index contributed by atoms with van der Waals surface area (Å²) < 4.78 is 0. The van der Waals surface area contributed by atoms with Crippen molar-refractivity contribution in [2.75, 3.05) is 0 Å². The molecule has 4 nitrogen and oxygen atoms in total. The second kappa shape index (κ2) is 7.14. The third-order valence-corrected chi connectivity index (χ3v) is 6.02. The van der Waals surface area contributed by atoms with Gasteiger partial charge in [0.15, 0.2) is 5.78 Å². The largest absolute Gasteiger partial charge is 0.512 e. The van der Waals surface area contributed by atoms with Crippen molar-refractivity contribution in [1.82, 2.24) is 0 Å². The minimum absolute atomic E-state index is 0.00775. The van der Waals surface area contributed by atoms with Gasteiger partial charge in [-0.3, -0.25) is 14.4 Å². The number of carbonyl (C=O) groups is 3. The molecule has 2 aliphatic rings. The molecule has 0 radical (unpaired) electrons. The maximum atomic E-state index is 13.0. The number of hydrogen-bond donors (Lipinski definition) is 1. The summed E-state index contributed by atoms with van der Waals surface area (Å²) in [5, 5.41) is 11.3. The molecule has 1 N–H and O–H groups in total. The third kappa shape index (κ3) is 4.07. The highest BCUT2D eigenvalue weighted by Crippen LogP contribution is 2.47. The standard InChI is InChI=1S/C23H27ClO4/c1-22(2)9-15(25)20(16(26)10-22)19(13-5-7-14(24)8-6-13)21-17(27)11-23(3,4)12-18(21)28/h5-8,19-20,27H,9-12H2,1-4H3. The summed E-state index contributed by atoms with van der Waals surface area (Å²) in [4.78, 5) is 39.1. The number of aliphatic hydroxyl groups is 1. The Labute approximate surface area is 171 Å². The van der Waals surface area contributed by atoms with Crippen LogP contribution in [0.3, 0.4) is 0 Å². The predicted octanol–water partition coefficient (Wildman–Crippen LogP) is 5.20. The van der Waals surface area contributed by atoms with Crippen LogP contribution in [0.1, 0.15) is 64.9 Å². The first-order chi connectivity index (χ1) is 12.9. The van der Waals surface area contributed by atoms with Gasteiger partial charge in [0.2, 0.25) is 0 Å². The smallest absolute Gasteiger partial charge is 0.163 e. The van der Waals surface area contributed by atoms with Gasteiger partial charge in [-0.2, -0.15) is 0 Å². The zero-order valence-electron chi connectivity index (χ0n) is 16.8. The number of halogens is 1. The number of Topliss-reactive ketones (excluding diaryl/α,β-unsaturated/α-hetero) is 3. The molecule has 0 heterocycles. The van der Waals surface area contributed by atoms with E-state index in [1.807, 2.05) is 27.7 Å². The van der Waals surface area contributed by atoms with Gasteiger partial charge in [0.05, 0.1) is 5.92 Å². The summed E-state index contributed by atoms with van der Waals surface area (Å²) in [6, 6.07) is 6.84. The van der Waals surface area contributed by atoms with E-state index in [2.05, 4.69) is 0 Å². The predicted molar refractivity (Wildman–Crippen MR) is 108 cm³/mol. The molecule has 1 atom stereocenters. The van der Waals surface area contributed by atoms with Gasteiger partial charge in [-0.05, 0) is 28.5 Å². The Morgan fingerprint density at radius 3 is 1.89 bits per heavy atom. The minimum Gasteiger partial charge on any atom is -0.512 e. The van der Waals surface area contributed by atoms with Crippen molar-refractivity contribution in [2.45, 2.75) is 59.3 Å². The Balaban J connectivity index is 2.14. The lowest BCUT2D eigenvalue weighted by molar-refractivity contribution is -0.140. The van der Waals surface area contributed by atoms with Gasteiger partial charge in [-0.1, -0.05) is 51.4 Å². The first-order valence-corrected chi connectivity index (χ1v) is 10.0. The van der Waals surface area contributed by atoms with Crippen LogP contribution in [0, 0.1) is 16.7 Å². The van der Waals surface area contributed by atoms with Crippen LogP contribution < -0.4 is 0 Å². The van der Waals surface area contributed by atoms with E-state index in [1.54, 1.807) is 24.3 Å². The molecule has 0 bridgehead atoms. The summed E-state index contributed by atoms with van der Waals surface area (Å²) in [6.45, 7) is 7.66. The third-order valence-electron chi connectivity index (χ3n) is 5.77. The summed E-state index contributed by atoms with van der Waals surface area (Å²) in [7, 11) is 0. The molecule has 150 valence electrons. The van der Waals surface area contributed by atoms with Crippen LogP contribution in [-0.4, -0.2) is 22.5 Å². The van der Waals surface area contributed by atoms with Gasteiger partial charge >= 0.3 is 0 Å². The molecule has 1 saturated carbocycles. The summed E-state index contributed by atoms with van der Waals surface area (Å²) in [5.41, 5.74) is 0.139. The number of allylic oxidation sites excluding steroid dienone is 2. The minimum atomic E-state index is -0.948. The van der Waals surface area contributed by atoms with E-state index in [9.17, 15) is 19.5 Å². The lowest BCUT2D eigenvalue weighted by Crippen LogP contribution is -2.43. The Kier molecular flexibility index (Phi) is 5.30. The molecule has 0 aromatic heterocycles. The molecular weight excluding hydrogens is 376 g/mol. The Morgan fingerprint density at radius 2 is 1.39 bits per heavy atom. The summed E-state index contributed by atoms with van der Waals surface area (Å²) in [5.74, 6) is -2.25. The molecule has 1 aromatic carbocycles. The molecule has 3 rings (SSSR count). The number of benzene rings is 1. The molecule has 0 spiro atoms. The fourth-order valence-electron chi connectivity index (χ4n) is 4.63. The topological polar surface area (TPSA) is 71.4 Å². The van der Waals surface area contributed by atoms with Crippen molar-refractivity contribution >= 4 is 29.0 Å². The maximum absolute atomic E-state index is 13.0. The normalized spacial score (nSPS) is 23.8. The zero-order chi connectivity index (χ0) is 20.9. The molecule has 5 heteroatoms. The first-order valence-electron chi connectivity index (χ1n) is 9.66. The van der Waals surface area contributed by atoms with Gasteiger partial charge in [0, 0.05) is 42.2 Å². The van der Waals surface area contributed by atoms with Crippen molar-refractivity contribution in [3.63, 3.8) is 0 Å². The number of rotatable bonds is 3. The fourth-order valence-corrected chi connectivity index (χ4v) is 4.75. The first kappa shape index (κ1) is 20.8. The van der Waals surface area contributed by atoms with Crippen LogP contribution in [-0.2, 0) is 14.4 Å². The van der Waals surface area contributed by atoms with E-state index in [1.165, 1.54) is 0 Å². The van der Waals surface area contributed by atoms with Crippen LogP contribution >= 0.6 is 11.6 Å². The van der Waals surface area contributed by atoms with Gasteiger partial charge in [-0.25, -0.2) is 0 Å². The quantitative estimate of drug-likeness (QED) is 0.705. The van der Waals surface area contributed by atoms with Gasteiger partial charge in [0.1, 0.15) is 17.3 Å². The zero-order valence-corrected chi connectivity index (χ0v) is 17.6. The van der Waals surface area contributed by atoms with Crippen LogP contribution in [0.2, 0.25) is 5.02 Å².